The van der Waals surface area contributed by atoms with Gasteiger partial charge in [-0.1, -0.05) is 48.6 Å². The molecule has 0 amide bonds. The van der Waals surface area contributed by atoms with Crippen molar-refractivity contribution in [2.45, 2.75) is 179 Å². The zero-order chi connectivity index (χ0) is 38.7. The monoisotopic (exact) mass is 759 g/mol. The van der Waals surface area contributed by atoms with Gasteiger partial charge in [-0.25, -0.2) is 4.79 Å². The Balaban J connectivity index is 0.000000126. The first-order chi connectivity index (χ1) is 26.6. The van der Waals surface area contributed by atoms with E-state index in [2.05, 4.69) is 53.3 Å². The molecule has 9 aliphatic rings. The van der Waals surface area contributed by atoms with Crippen molar-refractivity contribution in [3.05, 3.63) is 59.9 Å². The molecule has 0 aromatic rings. The molecule has 55 heavy (non-hydrogen) atoms. The standard InChI is InChI=1S/C13H18O3.C13H20O2.2C11H16O/c1-16-12(15)10-5-8-13(9-11(10)14)6-3-2-4-7-13;1-2-5-12(6-3-1)7-4-8-13(11-12)14-9-10-15-13;2*12-10-5-4-8-11(9-10)6-2-1-3-7-11/h3,6,14H,2,4-5,7-9H2,1H3;2,5H,1,3-4,6-11H2;2*2,6H,1,3-5,7-9H2/t13-;12-;2*11-/m0000/s1. The lowest BCUT2D eigenvalue weighted by molar-refractivity contribution is -0.197. The Labute approximate surface area is 331 Å². The van der Waals surface area contributed by atoms with Gasteiger partial charge in [-0.05, 0) is 150 Å². The Morgan fingerprint density at radius 3 is 1.42 bits per heavy atom. The minimum Gasteiger partial charge on any atom is -0.512 e. The summed E-state index contributed by atoms with van der Waals surface area (Å²) >= 11 is 0. The molecule has 8 aliphatic carbocycles. The van der Waals surface area contributed by atoms with E-state index in [1.54, 1.807) is 0 Å². The van der Waals surface area contributed by atoms with E-state index in [1.807, 2.05) is 0 Å². The summed E-state index contributed by atoms with van der Waals surface area (Å²) in [7, 11) is 1.35. The highest BCUT2D eigenvalue weighted by Crippen LogP contribution is 2.51. The number of aliphatic hydroxyl groups excluding tert-OH is 1. The number of hydrogen-bond donors (Lipinski definition) is 1. The molecule has 3 saturated carbocycles. The summed E-state index contributed by atoms with van der Waals surface area (Å²) in [6.07, 6.45) is 48.2. The van der Waals surface area contributed by atoms with Crippen LogP contribution >= 0.6 is 0 Å². The van der Waals surface area contributed by atoms with Crippen molar-refractivity contribution in [1.82, 2.24) is 0 Å². The van der Waals surface area contributed by atoms with E-state index in [1.165, 1.54) is 97.0 Å². The minimum atomic E-state index is -0.382. The maximum Gasteiger partial charge on any atom is 0.337 e. The third-order valence-corrected chi connectivity index (χ3v) is 14.3. The Morgan fingerprint density at radius 1 is 0.564 bits per heavy atom. The van der Waals surface area contributed by atoms with E-state index in [9.17, 15) is 19.5 Å². The number of carbonyl (C=O) groups is 3. The predicted molar refractivity (Wildman–Crippen MR) is 217 cm³/mol. The number of hydrogen-bond acceptors (Lipinski definition) is 7. The predicted octanol–water partition coefficient (Wildman–Crippen LogP) is 11.6. The van der Waals surface area contributed by atoms with Crippen LogP contribution in [0.3, 0.4) is 0 Å². The van der Waals surface area contributed by atoms with Crippen LogP contribution in [-0.4, -0.2) is 48.8 Å². The fourth-order valence-corrected chi connectivity index (χ4v) is 11.3. The number of Topliss-reactive ketones (excluding diaryl/α,β-unsaturated/α-hetero) is 2. The molecule has 5 spiro atoms. The molecule has 4 atom stereocenters. The lowest BCUT2D eigenvalue weighted by Gasteiger charge is -2.44. The second kappa shape index (κ2) is 19.1. The SMILES string of the molecule is C1=C[C@]2(CCC1)CCCC1(C2)OCCO1.COC(=O)C1=C(O)C[C@]2(C=CCCC2)CC1.O=C1CCC[C@@]2(C=CCCC2)C1.O=C1CCC[C@@]2(C=CCCC2)C1. The number of allylic oxidation sites excluding steroid dienone is 9. The van der Waals surface area contributed by atoms with E-state index in [4.69, 9.17) is 9.47 Å². The highest BCUT2D eigenvalue weighted by Gasteiger charge is 2.47. The van der Waals surface area contributed by atoms with Crippen LogP contribution in [0.5, 0.6) is 0 Å². The first-order valence-electron chi connectivity index (χ1n) is 22.1. The molecule has 7 nitrogen and oxygen atoms in total. The third kappa shape index (κ3) is 11.2. The van der Waals surface area contributed by atoms with Crippen LogP contribution < -0.4 is 0 Å². The van der Waals surface area contributed by atoms with Crippen LogP contribution in [-0.2, 0) is 28.6 Å². The molecule has 1 aliphatic heterocycles. The lowest BCUT2D eigenvalue weighted by atomic mass is 9.67. The summed E-state index contributed by atoms with van der Waals surface area (Å²) in [5, 5.41) is 9.93. The molecule has 9 rings (SSSR count). The number of ether oxygens (including phenoxy) is 3. The van der Waals surface area contributed by atoms with Gasteiger partial charge in [0, 0.05) is 44.9 Å². The largest absolute Gasteiger partial charge is 0.512 e. The molecule has 1 heterocycles. The van der Waals surface area contributed by atoms with Crippen molar-refractivity contribution < 1.29 is 33.7 Å². The van der Waals surface area contributed by atoms with Gasteiger partial charge in [0.05, 0.1) is 25.9 Å². The zero-order valence-electron chi connectivity index (χ0n) is 34.0. The van der Waals surface area contributed by atoms with Gasteiger partial charge in [-0.3, -0.25) is 9.59 Å². The Hall–Kier alpha value is -2.77. The summed E-state index contributed by atoms with van der Waals surface area (Å²) in [5.74, 6) is 0.595. The molecule has 7 heteroatoms. The highest BCUT2D eigenvalue weighted by molar-refractivity contribution is 5.89. The fourth-order valence-electron chi connectivity index (χ4n) is 11.3. The Bertz CT molecular complexity index is 1450. The molecule has 0 radical (unpaired) electrons. The number of carbonyl (C=O) groups excluding carboxylic acids is 3. The molecule has 1 saturated heterocycles. The molecular weight excluding hydrogens is 689 g/mol. The van der Waals surface area contributed by atoms with E-state index >= 15 is 0 Å². The smallest absolute Gasteiger partial charge is 0.337 e. The highest BCUT2D eigenvalue weighted by atomic mass is 16.7. The van der Waals surface area contributed by atoms with Gasteiger partial charge in [-0.15, -0.1) is 0 Å². The van der Waals surface area contributed by atoms with Crippen molar-refractivity contribution in [2.24, 2.45) is 21.7 Å². The molecule has 0 aromatic carbocycles. The van der Waals surface area contributed by atoms with Crippen LogP contribution in [0.25, 0.3) is 0 Å². The molecule has 1 N–H and O–H groups in total. The zero-order valence-corrected chi connectivity index (χ0v) is 34.0. The summed E-state index contributed by atoms with van der Waals surface area (Å²) in [5.41, 5.74) is 1.56. The molecule has 304 valence electrons. The summed E-state index contributed by atoms with van der Waals surface area (Å²) in [4.78, 5) is 34.0. The number of methoxy groups -OCH3 is 1. The second-order valence-corrected chi connectivity index (χ2v) is 18.5. The topological polar surface area (TPSA) is 99.1 Å². The Kier molecular flexibility index (Phi) is 14.5. The third-order valence-electron chi connectivity index (χ3n) is 14.3. The lowest BCUT2D eigenvalue weighted by Crippen LogP contribution is -2.42. The van der Waals surface area contributed by atoms with Crippen LogP contribution in [0, 0.1) is 21.7 Å². The van der Waals surface area contributed by atoms with Gasteiger partial charge in [0.2, 0.25) is 0 Å². The van der Waals surface area contributed by atoms with Crippen LogP contribution in [0.15, 0.2) is 59.9 Å². The van der Waals surface area contributed by atoms with Gasteiger partial charge in [0.15, 0.2) is 5.79 Å². The van der Waals surface area contributed by atoms with Gasteiger partial charge < -0.3 is 19.3 Å². The molecule has 4 fully saturated rings. The van der Waals surface area contributed by atoms with Crippen molar-refractivity contribution >= 4 is 17.5 Å². The second-order valence-electron chi connectivity index (χ2n) is 18.5. The number of rotatable bonds is 1. The molecular formula is C48H70O7. The summed E-state index contributed by atoms with van der Waals surface area (Å²) in [6.45, 7) is 1.58. The van der Waals surface area contributed by atoms with E-state index < -0.39 is 0 Å². The van der Waals surface area contributed by atoms with Crippen molar-refractivity contribution in [3.63, 3.8) is 0 Å². The first kappa shape index (κ1) is 41.9. The fraction of sp³-hybridized carbons (Fsp3) is 0.729. The maximum atomic E-state index is 11.4. The van der Waals surface area contributed by atoms with Crippen molar-refractivity contribution in [3.8, 4) is 0 Å². The molecule has 0 unspecified atom stereocenters. The van der Waals surface area contributed by atoms with Gasteiger partial charge >= 0.3 is 5.97 Å². The molecule has 0 aromatic heterocycles. The summed E-state index contributed by atoms with van der Waals surface area (Å²) in [6, 6.07) is 0. The average molecular weight is 759 g/mol. The summed E-state index contributed by atoms with van der Waals surface area (Å²) < 4.78 is 16.4. The van der Waals surface area contributed by atoms with Crippen LogP contribution in [0.1, 0.15) is 173 Å². The van der Waals surface area contributed by atoms with Gasteiger partial charge in [0.25, 0.3) is 0 Å². The van der Waals surface area contributed by atoms with Crippen molar-refractivity contribution in [2.75, 3.05) is 20.3 Å². The quantitative estimate of drug-likeness (QED) is 0.210. The average Bonchev–Trinajstić information content (AvgIpc) is 3.63. The number of ketones is 2. The van der Waals surface area contributed by atoms with Gasteiger partial charge in [-0.2, -0.15) is 0 Å². The number of aliphatic hydroxyl groups is 1. The number of esters is 1. The van der Waals surface area contributed by atoms with E-state index in [0.29, 0.717) is 46.2 Å². The van der Waals surface area contributed by atoms with Crippen molar-refractivity contribution in [1.29, 1.82) is 0 Å². The molecule has 0 bridgehead atoms. The maximum absolute atomic E-state index is 11.4. The Morgan fingerprint density at radius 2 is 1.00 bits per heavy atom. The van der Waals surface area contributed by atoms with Crippen LogP contribution in [0.2, 0.25) is 0 Å². The minimum absolute atomic E-state index is 0.0971. The normalized spacial score (nSPS) is 34.9. The van der Waals surface area contributed by atoms with E-state index in [0.717, 1.165) is 83.8 Å². The van der Waals surface area contributed by atoms with Crippen LogP contribution in [0.4, 0.5) is 0 Å². The van der Waals surface area contributed by atoms with Gasteiger partial charge in [0.1, 0.15) is 17.3 Å². The van der Waals surface area contributed by atoms with E-state index in [-0.39, 0.29) is 22.9 Å². The first-order valence-corrected chi connectivity index (χ1v) is 22.1.